The van der Waals surface area contributed by atoms with E-state index in [9.17, 15) is 13.2 Å². The Morgan fingerprint density at radius 3 is 2.27 bits per heavy atom. The first kappa shape index (κ1) is 18.1. The number of para-hydroxylation sites is 1. The number of carbonyl (C=O) groups excluding carboxylic acids is 1. The number of anilines is 2. The van der Waals surface area contributed by atoms with Crippen LogP contribution in [0.3, 0.4) is 0 Å². The smallest absolute Gasteiger partial charge is 0.274 e. The van der Waals surface area contributed by atoms with Gasteiger partial charge in [-0.3, -0.25) is 14.5 Å². The number of sulfonamides is 1. The lowest BCUT2D eigenvalue weighted by atomic mass is 10.3. The third-order valence-electron chi connectivity index (χ3n) is 3.44. The average molecular weight is 432 g/mol. The Bertz CT molecular complexity index is 1020. The maximum absolute atomic E-state index is 12.5. The van der Waals surface area contributed by atoms with Crippen molar-refractivity contribution in [3.8, 4) is 0 Å². The molecule has 0 spiro atoms. The molecule has 0 saturated heterocycles. The van der Waals surface area contributed by atoms with Crippen LogP contribution in [0.4, 0.5) is 11.4 Å². The fourth-order valence-corrected chi connectivity index (χ4v) is 3.75. The van der Waals surface area contributed by atoms with E-state index >= 15 is 0 Å². The Morgan fingerprint density at radius 1 is 0.923 bits per heavy atom. The molecule has 0 saturated carbocycles. The van der Waals surface area contributed by atoms with Gasteiger partial charge < -0.3 is 5.32 Å². The van der Waals surface area contributed by atoms with Crippen molar-refractivity contribution < 1.29 is 13.2 Å². The summed E-state index contributed by atoms with van der Waals surface area (Å²) in [5.74, 6) is -0.368. The quantitative estimate of drug-likeness (QED) is 0.640. The molecule has 26 heavy (non-hydrogen) atoms. The number of nitrogens with one attached hydrogen (secondary N) is 2. The van der Waals surface area contributed by atoms with Crippen LogP contribution in [-0.4, -0.2) is 19.3 Å². The molecule has 3 aromatic rings. The molecular weight excluding hydrogens is 418 g/mol. The summed E-state index contributed by atoms with van der Waals surface area (Å²) in [6.45, 7) is 0. The molecule has 0 radical (unpaired) electrons. The number of carbonyl (C=O) groups is 1. The summed E-state index contributed by atoms with van der Waals surface area (Å²) in [4.78, 5) is 16.1. The summed E-state index contributed by atoms with van der Waals surface area (Å²) in [5.41, 5.74) is 1.19. The molecule has 1 heterocycles. The van der Waals surface area contributed by atoms with Crippen LogP contribution in [0.15, 0.2) is 82.3 Å². The van der Waals surface area contributed by atoms with Crippen LogP contribution in [0, 0.1) is 0 Å². The summed E-state index contributed by atoms with van der Waals surface area (Å²) < 4.78 is 28.1. The molecule has 2 aromatic carbocycles. The number of nitrogens with zero attached hydrogens (tertiary/aromatic N) is 1. The van der Waals surface area contributed by atoms with Crippen LogP contribution in [0.5, 0.6) is 0 Å². The first-order chi connectivity index (χ1) is 12.5. The number of aromatic nitrogens is 1. The number of hydrogen-bond donors (Lipinski definition) is 2. The van der Waals surface area contributed by atoms with Crippen LogP contribution in [0.1, 0.15) is 10.5 Å². The number of pyridine rings is 1. The number of rotatable bonds is 5. The molecule has 1 amide bonds. The summed E-state index contributed by atoms with van der Waals surface area (Å²) in [5, 5.41) is 2.67. The highest BCUT2D eigenvalue weighted by Gasteiger charge is 2.16. The topological polar surface area (TPSA) is 88.2 Å². The zero-order valence-electron chi connectivity index (χ0n) is 13.4. The highest BCUT2D eigenvalue weighted by molar-refractivity contribution is 9.10. The third-order valence-corrected chi connectivity index (χ3v) is 5.51. The molecule has 0 aliphatic heterocycles. The Kier molecular flexibility index (Phi) is 5.34. The number of halogens is 1. The van der Waals surface area contributed by atoms with E-state index in [1.807, 2.05) is 0 Å². The maximum Gasteiger partial charge on any atom is 0.274 e. The predicted molar refractivity (Wildman–Crippen MR) is 104 cm³/mol. The van der Waals surface area contributed by atoms with Crippen molar-refractivity contribution in [1.82, 2.24) is 4.98 Å². The lowest BCUT2D eigenvalue weighted by molar-refractivity contribution is 0.102. The van der Waals surface area contributed by atoms with Gasteiger partial charge in [-0.25, -0.2) is 8.42 Å². The second-order valence-corrected chi connectivity index (χ2v) is 7.82. The largest absolute Gasteiger partial charge is 0.321 e. The Labute approximate surface area is 159 Å². The van der Waals surface area contributed by atoms with Gasteiger partial charge in [-0.2, -0.15) is 0 Å². The molecule has 0 aliphatic rings. The SMILES string of the molecule is O=C(Nc1ccc(S(=O)(=O)Nc2ccccc2Br)cc1)c1ccccn1. The van der Waals surface area contributed by atoms with Crippen molar-refractivity contribution in [2.45, 2.75) is 4.90 Å². The van der Waals surface area contributed by atoms with Gasteiger partial charge in [0.2, 0.25) is 0 Å². The molecule has 2 N–H and O–H groups in total. The van der Waals surface area contributed by atoms with Crippen molar-refractivity contribution >= 4 is 43.2 Å². The van der Waals surface area contributed by atoms with Gasteiger partial charge in [-0.15, -0.1) is 0 Å². The van der Waals surface area contributed by atoms with Gasteiger partial charge in [0.25, 0.3) is 15.9 Å². The fourth-order valence-electron chi connectivity index (χ4n) is 2.16. The molecule has 0 aliphatic carbocycles. The van der Waals surface area contributed by atoms with Gasteiger partial charge in [-0.05, 0) is 64.5 Å². The van der Waals surface area contributed by atoms with Crippen LogP contribution in [0.25, 0.3) is 0 Å². The second kappa shape index (κ2) is 7.67. The zero-order chi connectivity index (χ0) is 18.6. The van der Waals surface area contributed by atoms with E-state index in [2.05, 4.69) is 31.0 Å². The van der Waals surface area contributed by atoms with E-state index in [-0.39, 0.29) is 16.5 Å². The van der Waals surface area contributed by atoms with Crippen LogP contribution in [-0.2, 0) is 10.0 Å². The molecule has 3 rings (SSSR count). The number of hydrogen-bond acceptors (Lipinski definition) is 4. The molecule has 132 valence electrons. The van der Waals surface area contributed by atoms with Gasteiger partial charge in [0.05, 0.1) is 10.6 Å². The fraction of sp³-hybridized carbons (Fsp3) is 0. The summed E-state index contributed by atoms with van der Waals surface area (Å²) >= 11 is 3.30. The number of benzene rings is 2. The van der Waals surface area contributed by atoms with Gasteiger partial charge in [0, 0.05) is 16.4 Å². The highest BCUT2D eigenvalue weighted by Crippen LogP contribution is 2.25. The molecular formula is C18H14BrN3O3S. The van der Waals surface area contributed by atoms with Crippen LogP contribution >= 0.6 is 15.9 Å². The minimum absolute atomic E-state index is 0.0871. The normalized spacial score (nSPS) is 11.0. The van der Waals surface area contributed by atoms with Crippen molar-refractivity contribution in [2.75, 3.05) is 10.0 Å². The maximum atomic E-state index is 12.5. The highest BCUT2D eigenvalue weighted by atomic mass is 79.9. The van der Waals surface area contributed by atoms with Gasteiger partial charge >= 0.3 is 0 Å². The van der Waals surface area contributed by atoms with Crippen LogP contribution in [0.2, 0.25) is 0 Å². The zero-order valence-corrected chi connectivity index (χ0v) is 15.8. The van der Waals surface area contributed by atoms with E-state index in [0.29, 0.717) is 15.8 Å². The van der Waals surface area contributed by atoms with Crippen LogP contribution < -0.4 is 10.0 Å². The van der Waals surface area contributed by atoms with Crippen molar-refractivity contribution in [3.63, 3.8) is 0 Å². The summed E-state index contributed by atoms with van der Waals surface area (Å²) in [6, 6.07) is 17.8. The summed E-state index contributed by atoms with van der Waals surface area (Å²) in [6.07, 6.45) is 1.53. The molecule has 0 fully saturated rings. The monoisotopic (exact) mass is 431 g/mol. The Hall–Kier alpha value is -2.71. The molecule has 0 unspecified atom stereocenters. The first-order valence-electron chi connectivity index (χ1n) is 7.55. The average Bonchev–Trinajstić information content (AvgIpc) is 2.65. The molecule has 1 aromatic heterocycles. The lowest BCUT2D eigenvalue weighted by Crippen LogP contribution is -2.15. The van der Waals surface area contributed by atoms with E-state index < -0.39 is 10.0 Å². The molecule has 8 heteroatoms. The minimum atomic E-state index is -3.74. The van der Waals surface area contributed by atoms with Gasteiger partial charge in [0.15, 0.2) is 0 Å². The minimum Gasteiger partial charge on any atom is -0.321 e. The van der Waals surface area contributed by atoms with E-state index in [4.69, 9.17) is 0 Å². The summed E-state index contributed by atoms with van der Waals surface area (Å²) in [7, 11) is -3.74. The molecule has 6 nitrogen and oxygen atoms in total. The second-order valence-electron chi connectivity index (χ2n) is 5.28. The third kappa shape index (κ3) is 4.27. The first-order valence-corrected chi connectivity index (χ1v) is 9.83. The van der Waals surface area contributed by atoms with E-state index in [1.54, 1.807) is 42.5 Å². The molecule has 0 atom stereocenters. The Balaban J connectivity index is 1.74. The Morgan fingerprint density at radius 2 is 1.62 bits per heavy atom. The molecule has 0 bridgehead atoms. The van der Waals surface area contributed by atoms with Gasteiger partial charge in [-0.1, -0.05) is 18.2 Å². The lowest BCUT2D eigenvalue weighted by Gasteiger charge is -2.10. The predicted octanol–water partition coefficient (Wildman–Crippen LogP) is 3.90. The van der Waals surface area contributed by atoms with Crippen molar-refractivity contribution in [3.05, 3.63) is 83.1 Å². The van der Waals surface area contributed by atoms with Gasteiger partial charge in [0.1, 0.15) is 5.69 Å². The standard InChI is InChI=1S/C18H14BrN3O3S/c19-15-5-1-2-6-16(15)22-26(24,25)14-10-8-13(9-11-14)21-18(23)17-7-3-4-12-20-17/h1-12,22H,(H,21,23). The van der Waals surface area contributed by atoms with Crippen molar-refractivity contribution in [2.24, 2.45) is 0 Å². The van der Waals surface area contributed by atoms with E-state index in [1.165, 1.54) is 30.5 Å². The van der Waals surface area contributed by atoms with E-state index in [0.717, 1.165) is 0 Å². The van der Waals surface area contributed by atoms with Crippen molar-refractivity contribution in [1.29, 1.82) is 0 Å². The number of amides is 1.